The van der Waals surface area contributed by atoms with Gasteiger partial charge in [0.05, 0.1) is 0 Å². The van der Waals surface area contributed by atoms with Crippen LogP contribution >= 0.6 is 0 Å². The Hall–Kier alpha value is -0.920. The summed E-state index contributed by atoms with van der Waals surface area (Å²) in [6.45, 7) is 13.6. The lowest BCUT2D eigenvalue weighted by molar-refractivity contribution is 0.603. The summed E-state index contributed by atoms with van der Waals surface area (Å²) in [7, 11) is 0. The maximum Gasteiger partial charge on any atom is 0.119 e. The number of allylic oxidation sites excluding steroid dienone is 4. The van der Waals surface area contributed by atoms with Gasteiger partial charge in [0.1, 0.15) is 11.7 Å². The summed E-state index contributed by atoms with van der Waals surface area (Å²) in [4.78, 5) is 0. The molecular weight excluding hydrogens is 170 g/mol. The highest BCUT2D eigenvalue weighted by molar-refractivity contribution is 5.29. The number of hydrogen-bond donors (Lipinski definition) is 0. The van der Waals surface area contributed by atoms with Gasteiger partial charge in [-0.15, -0.1) is 0 Å². The van der Waals surface area contributed by atoms with Gasteiger partial charge in [0.15, 0.2) is 0 Å². The van der Waals surface area contributed by atoms with E-state index in [0.29, 0.717) is 0 Å². The van der Waals surface area contributed by atoms with E-state index < -0.39 is 11.7 Å². The summed E-state index contributed by atoms with van der Waals surface area (Å²) >= 11 is 0. The van der Waals surface area contributed by atoms with Crippen LogP contribution in [0, 0.1) is 5.92 Å². The molecule has 0 heterocycles. The third-order valence-electron chi connectivity index (χ3n) is 1.25. The van der Waals surface area contributed by atoms with Gasteiger partial charge in [0, 0.05) is 0 Å². The smallest absolute Gasteiger partial charge is 0.119 e. The first-order chi connectivity index (χ1) is 5.95. The molecule has 0 aliphatic carbocycles. The predicted octanol–water partition coefficient (Wildman–Crippen LogP) is 4.56. The molecule has 0 spiro atoms. The molecule has 0 saturated carbocycles. The Labute approximate surface area is 79.7 Å². The molecule has 0 aromatic rings. The minimum Gasteiger partial charge on any atom is -0.208 e. The van der Waals surface area contributed by atoms with Crippen molar-refractivity contribution in [2.24, 2.45) is 5.92 Å². The Balaban J connectivity index is 0. The van der Waals surface area contributed by atoms with Gasteiger partial charge >= 0.3 is 0 Å². The Bertz CT molecular complexity index is 200. The molecule has 0 fully saturated rings. The van der Waals surface area contributed by atoms with Crippen molar-refractivity contribution in [3.63, 3.8) is 0 Å². The molecule has 0 saturated heterocycles. The van der Waals surface area contributed by atoms with Crippen LogP contribution in [0.4, 0.5) is 8.78 Å². The largest absolute Gasteiger partial charge is 0.208 e. The molecule has 0 bridgehead atoms. The van der Waals surface area contributed by atoms with E-state index in [1.165, 1.54) is 0 Å². The maximum atomic E-state index is 12.5. The van der Waals surface area contributed by atoms with Crippen LogP contribution in [0.2, 0.25) is 0 Å². The second-order valence-corrected chi connectivity index (χ2v) is 2.61. The van der Waals surface area contributed by atoms with Crippen LogP contribution < -0.4 is 0 Å². The standard InChI is InChI=1S/C9H12F2.C2H6/c1-6(2)9(8(4)11)5-7(3)10;1-2/h5-6H,3-4H2,1-2H3;1-2H3/b9-5-;. The fraction of sp³-hybridized carbons (Fsp3) is 0.455. The van der Waals surface area contributed by atoms with Crippen molar-refractivity contribution in [2.75, 3.05) is 0 Å². The van der Waals surface area contributed by atoms with Crippen molar-refractivity contribution in [2.45, 2.75) is 27.7 Å². The molecule has 0 radical (unpaired) electrons. The first-order valence-corrected chi connectivity index (χ1v) is 4.36. The highest BCUT2D eigenvalue weighted by atomic mass is 19.1. The van der Waals surface area contributed by atoms with Crippen molar-refractivity contribution in [3.05, 3.63) is 36.5 Å². The SMILES string of the molecule is C=C(F)/C=C(\C(=C)F)C(C)C.CC. The lowest BCUT2D eigenvalue weighted by atomic mass is 10.0. The molecule has 0 N–H and O–H groups in total. The zero-order chi connectivity index (χ0) is 11.0. The van der Waals surface area contributed by atoms with Gasteiger partial charge in [0.2, 0.25) is 0 Å². The Morgan fingerprint density at radius 3 is 1.62 bits per heavy atom. The number of halogens is 2. The Kier molecular flexibility index (Phi) is 8.66. The van der Waals surface area contributed by atoms with E-state index in [-0.39, 0.29) is 11.5 Å². The molecule has 13 heavy (non-hydrogen) atoms. The maximum absolute atomic E-state index is 12.5. The first-order valence-electron chi connectivity index (χ1n) is 4.36. The highest BCUT2D eigenvalue weighted by Crippen LogP contribution is 2.20. The van der Waals surface area contributed by atoms with Crippen molar-refractivity contribution in [3.8, 4) is 0 Å². The highest BCUT2D eigenvalue weighted by Gasteiger charge is 2.06. The average Bonchev–Trinajstić information content (AvgIpc) is 2.03. The summed E-state index contributed by atoms with van der Waals surface area (Å²) in [5.41, 5.74) is 0.262. The van der Waals surface area contributed by atoms with Crippen molar-refractivity contribution < 1.29 is 8.78 Å². The normalized spacial score (nSPS) is 10.5. The minimum atomic E-state index is -0.646. The van der Waals surface area contributed by atoms with Gasteiger partial charge in [-0.05, 0) is 17.6 Å². The van der Waals surface area contributed by atoms with E-state index in [9.17, 15) is 8.78 Å². The second-order valence-electron chi connectivity index (χ2n) is 2.61. The molecule has 0 unspecified atom stereocenters. The van der Waals surface area contributed by atoms with E-state index in [0.717, 1.165) is 6.08 Å². The summed E-state index contributed by atoms with van der Waals surface area (Å²) in [5, 5.41) is 0. The van der Waals surface area contributed by atoms with Gasteiger partial charge in [-0.1, -0.05) is 40.9 Å². The fourth-order valence-electron chi connectivity index (χ4n) is 0.727. The van der Waals surface area contributed by atoms with Crippen LogP contribution in [0.25, 0.3) is 0 Å². The Morgan fingerprint density at radius 1 is 1.15 bits per heavy atom. The van der Waals surface area contributed by atoms with Crippen LogP contribution in [0.1, 0.15) is 27.7 Å². The number of hydrogen-bond acceptors (Lipinski definition) is 0. The van der Waals surface area contributed by atoms with E-state index in [1.54, 1.807) is 13.8 Å². The van der Waals surface area contributed by atoms with Crippen LogP contribution in [-0.2, 0) is 0 Å². The molecule has 0 rings (SSSR count). The lowest BCUT2D eigenvalue weighted by Gasteiger charge is -2.06. The summed E-state index contributed by atoms with van der Waals surface area (Å²) in [5.74, 6) is -1.31. The molecule has 0 aliphatic rings. The molecule has 0 atom stereocenters. The van der Waals surface area contributed by atoms with E-state index in [2.05, 4.69) is 13.2 Å². The third kappa shape index (κ3) is 7.44. The summed E-state index contributed by atoms with van der Waals surface area (Å²) in [6.07, 6.45) is 1.06. The molecule has 0 aromatic carbocycles. The van der Waals surface area contributed by atoms with E-state index >= 15 is 0 Å². The second kappa shape index (κ2) is 7.71. The van der Waals surface area contributed by atoms with E-state index in [1.807, 2.05) is 13.8 Å². The predicted molar refractivity (Wildman–Crippen MR) is 54.8 cm³/mol. The quantitative estimate of drug-likeness (QED) is 0.569. The molecule has 2 heteroatoms. The topological polar surface area (TPSA) is 0 Å². The minimum absolute atomic E-state index is 0.0694. The summed E-state index contributed by atoms with van der Waals surface area (Å²) in [6, 6.07) is 0. The van der Waals surface area contributed by atoms with Crippen LogP contribution in [0.5, 0.6) is 0 Å². The zero-order valence-corrected chi connectivity index (χ0v) is 8.82. The van der Waals surface area contributed by atoms with Crippen molar-refractivity contribution in [1.29, 1.82) is 0 Å². The zero-order valence-electron chi connectivity index (χ0n) is 8.82. The van der Waals surface area contributed by atoms with Gasteiger partial charge in [-0.2, -0.15) is 0 Å². The van der Waals surface area contributed by atoms with E-state index in [4.69, 9.17) is 0 Å². The summed E-state index contributed by atoms with van der Waals surface area (Å²) < 4.78 is 24.7. The monoisotopic (exact) mass is 188 g/mol. The van der Waals surface area contributed by atoms with Gasteiger partial charge in [-0.25, -0.2) is 8.78 Å². The van der Waals surface area contributed by atoms with Gasteiger partial charge in [-0.3, -0.25) is 0 Å². The molecule has 0 amide bonds. The molecule has 76 valence electrons. The first kappa shape index (κ1) is 14.6. The third-order valence-corrected chi connectivity index (χ3v) is 1.25. The molecular formula is C11H18F2. The van der Waals surface area contributed by atoms with Crippen molar-refractivity contribution in [1.82, 2.24) is 0 Å². The molecule has 0 nitrogen and oxygen atoms in total. The van der Waals surface area contributed by atoms with Crippen molar-refractivity contribution >= 4 is 0 Å². The van der Waals surface area contributed by atoms with Crippen LogP contribution in [0.15, 0.2) is 36.5 Å². The number of rotatable bonds is 3. The molecule has 0 aromatic heterocycles. The lowest BCUT2D eigenvalue weighted by Crippen LogP contribution is -1.93. The Morgan fingerprint density at radius 2 is 1.54 bits per heavy atom. The fourth-order valence-corrected chi connectivity index (χ4v) is 0.727. The average molecular weight is 188 g/mol. The molecule has 0 aliphatic heterocycles. The van der Waals surface area contributed by atoms with Gasteiger partial charge < -0.3 is 0 Å². The van der Waals surface area contributed by atoms with Gasteiger partial charge in [0.25, 0.3) is 0 Å². The van der Waals surface area contributed by atoms with Crippen LogP contribution in [-0.4, -0.2) is 0 Å². The van der Waals surface area contributed by atoms with Crippen LogP contribution in [0.3, 0.4) is 0 Å².